The van der Waals surface area contributed by atoms with Crippen molar-refractivity contribution in [1.82, 2.24) is 9.78 Å². The lowest BCUT2D eigenvalue weighted by Crippen LogP contribution is -2.18. The molecule has 0 atom stereocenters. The SMILES string of the molecule is COc1ccc(/C=C/n2ncc(Cl)c(Cl)c2=O)c(OC)c1. The number of hydrogen-bond donors (Lipinski definition) is 0. The number of methoxy groups -OCH3 is 2. The first-order chi connectivity index (χ1) is 10.1. The van der Waals surface area contributed by atoms with Gasteiger partial charge in [0.25, 0.3) is 5.56 Å². The molecule has 0 fully saturated rings. The lowest BCUT2D eigenvalue weighted by Gasteiger charge is -2.07. The van der Waals surface area contributed by atoms with Crippen molar-refractivity contribution in [1.29, 1.82) is 0 Å². The van der Waals surface area contributed by atoms with Crippen LogP contribution in [0.15, 0.2) is 29.2 Å². The van der Waals surface area contributed by atoms with Gasteiger partial charge in [0.2, 0.25) is 0 Å². The van der Waals surface area contributed by atoms with Gasteiger partial charge in [-0.15, -0.1) is 0 Å². The van der Waals surface area contributed by atoms with E-state index in [9.17, 15) is 4.79 Å². The zero-order valence-electron chi connectivity index (χ0n) is 11.3. The Hall–Kier alpha value is -1.98. The first-order valence-electron chi connectivity index (χ1n) is 5.90. The predicted octanol–water partition coefficient (Wildman–Crippen LogP) is 3.20. The highest BCUT2D eigenvalue weighted by molar-refractivity contribution is 6.41. The molecular weight excluding hydrogens is 315 g/mol. The fourth-order valence-corrected chi connectivity index (χ4v) is 1.90. The first kappa shape index (κ1) is 15.4. The van der Waals surface area contributed by atoms with Crippen molar-refractivity contribution in [2.45, 2.75) is 0 Å². The standard InChI is InChI=1S/C14H12Cl2N2O3/c1-20-10-4-3-9(12(7-10)21-2)5-6-18-14(19)13(16)11(15)8-17-18/h3-8H,1-2H3/b6-5+. The van der Waals surface area contributed by atoms with Crippen LogP contribution in [-0.2, 0) is 0 Å². The van der Waals surface area contributed by atoms with Gasteiger partial charge in [0.1, 0.15) is 16.5 Å². The summed E-state index contributed by atoms with van der Waals surface area (Å²) in [6.45, 7) is 0. The van der Waals surface area contributed by atoms with Crippen molar-refractivity contribution in [3.05, 3.63) is 50.4 Å². The minimum atomic E-state index is -0.493. The summed E-state index contributed by atoms with van der Waals surface area (Å²) in [7, 11) is 3.12. The maximum Gasteiger partial charge on any atom is 0.291 e. The second-order valence-corrected chi connectivity index (χ2v) is 4.76. The van der Waals surface area contributed by atoms with E-state index in [2.05, 4.69) is 5.10 Å². The number of nitrogens with zero attached hydrogens (tertiary/aromatic N) is 2. The van der Waals surface area contributed by atoms with Crippen molar-refractivity contribution < 1.29 is 9.47 Å². The topological polar surface area (TPSA) is 53.4 Å². The Morgan fingerprint density at radius 2 is 2.00 bits per heavy atom. The van der Waals surface area contributed by atoms with Gasteiger partial charge >= 0.3 is 0 Å². The molecule has 5 nitrogen and oxygen atoms in total. The highest BCUT2D eigenvalue weighted by atomic mass is 35.5. The van der Waals surface area contributed by atoms with Crippen LogP contribution >= 0.6 is 23.2 Å². The smallest absolute Gasteiger partial charge is 0.291 e. The minimum absolute atomic E-state index is 0.0713. The molecule has 110 valence electrons. The largest absolute Gasteiger partial charge is 0.497 e. The van der Waals surface area contributed by atoms with Crippen molar-refractivity contribution in [2.24, 2.45) is 0 Å². The highest BCUT2D eigenvalue weighted by Gasteiger charge is 2.06. The Morgan fingerprint density at radius 1 is 1.24 bits per heavy atom. The molecule has 21 heavy (non-hydrogen) atoms. The summed E-state index contributed by atoms with van der Waals surface area (Å²) in [6, 6.07) is 5.33. The molecule has 1 aromatic heterocycles. The third-order valence-corrected chi connectivity index (χ3v) is 3.49. The zero-order valence-corrected chi connectivity index (χ0v) is 12.9. The summed E-state index contributed by atoms with van der Waals surface area (Å²) in [5, 5.41) is 3.93. The molecule has 0 aliphatic rings. The summed E-state index contributed by atoms with van der Waals surface area (Å²) in [6.07, 6.45) is 4.46. The Labute approximate surface area is 131 Å². The third-order valence-electron chi connectivity index (χ3n) is 2.74. The molecule has 0 spiro atoms. The molecule has 2 aromatic rings. The molecule has 0 saturated carbocycles. The van der Waals surface area contributed by atoms with Gasteiger partial charge in [-0.25, -0.2) is 4.68 Å². The molecule has 0 bridgehead atoms. The van der Waals surface area contributed by atoms with Crippen molar-refractivity contribution in [3.8, 4) is 11.5 Å². The van der Waals surface area contributed by atoms with Crippen molar-refractivity contribution >= 4 is 35.5 Å². The summed E-state index contributed by atoms with van der Waals surface area (Å²) in [5.74, 6) is 1.28. The molecule has 1 aromatic carbocycles. The number of ether oxygens (including phenoxy) is 2. The van der Waals surface area contributed by atoms with E-state index in [0.29, 0.717) is 11.5 Å². The zero-order chi connectivity index (χ0) is 15.4. The third kappa shape index (κ3) is 3.37. The quantitative estimate of drug-likeness (QED) is 0.865. The lowest BCUT2D eigenvalue weighted by atomic mass is 10.2. The Morgan fingerprint density at radius 3 is 2.67 bits per heavy atom. The second-order valence-electron chi connectivity index (χ2n) is 3.98. The number of aromatic nitrogens is 2. The summed E-state index contributed by atoms with van der Waals surface area (Å²) in [5.41, 5.74) is 0.269. The highest BCUT2D eigenvalue weighted by Crippen LogP contribution is 2.25. The van der Waals surface area contributed by atoms with Crippen LogP contribution in [0.2, 0.25) is 10.0 Å². The summed E-state index contributed by atoms with van der Waals surface area (Å²) >= 11 is 11.5. The maximum atomic E-state index is 11.8. The van der Waals surface area contributed by atoms with Crippen LogP contribution in [0.4, 0.5) is 0 Å². The van der Waals surface area contributed by atoms with E-state index in [1.54, 1.807) is 38.5 Å². The minimum Gasteiger partial charge on any atom is -0.497 e. The van der Waals surface area contributed by atoms with Crippen LogP contribution in [0.3, 0.4) is 0 Å². The molecule has 0 N–H and O–H groups in total. The maximum absolute atomic E-state index is 11.8. The molecule has 7 heteroatoms. The molecule has 0 aliphatic heterocycles. The molecule has 0 radical (unpaired) electrons. The van der Waals surface area contributed by atoms with Crippen LogP contribution in [-0.4, -0.2) is 24.0 Å². The van der Waals surface area contributed by atoms with Gasteiger partial charge in [-0.2, -0.15) is 5.10 Å². The van der Waals surface area contributed by atoms with E-state index in [1.807, 2.05) is 0 Å². The van der Waals surface area contributed by atoms with E-state index in [4.69, 9.17) is 32.7 Å². The lowest BCUT2D eigenvalue weighted by molar-refractivity contribution is 0.394. The number of benzene rings is 1. The van der Waals surface area contributed by atoms with Gasteiger partial charge in [0.15, 0.2) is 0 Å². The van der Waals surface area contributed by atoms with Crippen LogP contribution in [0.1, 0.15) is 5.56 Å². The van der Waals surface area contributed by atoms with E-state index in [0.717, 1.165) is 10.2 Å². The monoisotopic (exact) mass is 326 g/mol. The average Bonchev–Trinajstić information content (AvgIpc) is 2.52. The molecule has 0 aliphatic carbocycles. The van der Waals surface area contributed by atoms with Gasteiger partial charge in [-0.05, 0) is 18.2 Å². The van der Waals surface area contributed by atoms with Gasteiger partial charge in [-0.3, -0.25) is 4.79 Å². The first-order valence-corrected chi connectivity index (χ1v) is 6.65. The van der Waals surface area contributed by atoms with E-state index in [-0.39, 0.29) is 10.0 Å². The van der Waals surface area contributed by atoms with Gasteiger partial charge < -0.3 is 9.47 Å². The van der Waals surface area contributed by atoms with Crippen LogP contribution in [0, 0.1) is 0 Å². The van der Waals surface area contributed by atoms with Crippen LogP contribution < -0.4 is 15.0 Å². The summed E-state index contributed by atoms with van der Waals surface area (Å²) in [4.78, 5) is 11.8. The van der Waals surface area contributed by atoms with E-state index in [1.165, 1.54) is 12.4 Å². The number of rotatable bonds is 4. The summed E-state index contributed by atoms with van der Waals surface area (Å²) < 4.78 is 11.5. The molecule has 1 heterocycles. The van der Waals surface area contributed by atoms with Gasteiger partial charge in [0, 0.05) is 17.8 Å². The molecule has 0 unspecified atom stereocenters. The van der Waals surface area contributed by atoms with Gasteiger partial charge in [0.05, 0.1) is 25.4 Å². The van der Waals surface area contributed by atoms with E-state index >= 15 is 0 Å². The Balaban J connectivity index is 2.38. The Bertz CT molecular complexity index is 741. The molecule has 0 saturated heterocycles. The average molecular weight is 327 g/mol. The molecule has 0 amide bonds. The van der Waals surface area contributed by atoms with Crippen LogP contribution in [0.5, 0.6) is 11.5 Å². The fourth-order valence-electron chi connectivity index (χ4n) is 1.64. The van der Waals surface area contributed by atoms with Crippen LogP contribution in [0.25, 0.3) is 12.3 Å². The Kier molecular flexibility index (Phi) is 4.88. The number of hydrogen-bond acceptors (Lipinski definition) is 4. The number of halogens is 2. The molecule has 2 rings (SSSR count). The van der Waals surface area contributed by atoms with Gasteiger partial charge in [-0.1, -0.05) is 23.2 Å². The predicted molar refractivity (Wildman–Crippen MR) is 83.3 cm³/mol. The normalized spacial score (nSPS) is 10.9. The second kappa shape index (κ2) is 6.65. The van der Waals surface area contributed by atoms with Crippen molar-refractivity contribution in [3.63, 3.8) is 0 Å². The fraction of sp³-hybridized carbons (Fsp3) is 0.143. The van der Waals surface area contributed by atoms with E-state index < -0.39 is 5.56 Å². The van der Waals surface area contributed by atoms with Crippen molar-refractivity contribution in [2.75, 3.05) is 14.2 Å². The molecular formula is C14H12Cl2N2O3.